The molecule has 0 aliphatic carbocycles. The van der Waals surface area contributed by atoms with Crippen LogP contribution in [-0.2, 0) is 39.3 Å². The molecule has 40 heavy (non-hydrogen) atoms. The van der Waals surface area contributed by atoms with Crippen LogP contribution in [0.15, 0.2) is 29.8 Å². The smallest absolute Gasteiger partial charge is 0.761 e. The van der Waals surface area contributed by atoms with Crippen molar-refractivity contribution in [1.29, 1.82) is 0 Å². The van der Waals surface area contributed by atoms with Gasteiger partial charge in [0.2, 0.25) is 19.5 Å². The molecule has 3 aromatic heterocycles. The Morgan fingerprint density at radius 3 is 2.65 bits per heavy atom. The number of aromatic amines is 1. The van der Waals surface area contributed by atoms with Crippen molar-refractivity contribution in [3.63, 3.8) is 0 Å². The molecule has 0 saturated carbocycles. The molecule has 0 amide bonds. The molecule has 5 N–H and O–H groups in total. The predicted molar refractivity (Wildman–Crippen MR) is 127 cm³/mol. The van der Waals surface area contributed by atoms with Gasteiger partial charge in [0.15, 0.2) is 18.5 Å². The van der Waals surface area contributed by atoms with Gasteiger partial charge in [0.25, 0.3) is 11.5 Å². The van der Waals surface area contributed by atoms with Gasteiger partial charge in [0.05, 0.1) is 19.1 Å². The molecular formula is C19H27N7NaO11P2+. The fraction of sp³-hybridized carbons (Fsp3) is 0.526. The summed E-state index contributed by atoms with van der Waals surface area (Å²) in [6.07, 6.45) is -1.50. The fourth-order valence-electron chi connectivity index (χ4n) is 3.75. The average molecular weight is 614 g/mol. The zero-order valence-electron chi connectivity index (χ0n) is 22.1. The van der Waals surface area contributed by atoms with Crippen LogP contribution < -0.4 is 50.3 Å². The zero-order valence-corrected chi connectivity index (χ0v) is 25.9. The second-order valence-corrected chi connectivity index (χ2v) is 12.9. The maximum Gasteiger partial charge on any atom is 1.00 e. The van der Waals surface area contributed by atoms with Crippen molar-refractivity contribution >= 4 is 38.7 Å². The van der Waals surface area contributed by atoms with Crippen LogP contribution in [0.5, 0.6) is 0 Å². The number of imidazole rings is 2. The number of nitrogen functional groups attached to an aromatic ring is 1. The number of H-pyrrole nitrogens is 1. The minimum absolute atomic E-state index is 0. The third-order valence-corrected chi connectivity index (χ3v) is 8.54. The van der Waals surface area contributed by atoms with E-state index < -0.39 is 63.7 Å². The number of hydrogen-bond acceptors (Lipinski definition) is 13. The Labute approximate surface area is 248 Å². The number of hydrogen-bond donors (Lipinski definition) is 4. The maximum atomic E-state index is 12.7. The summed E-state index contributed by atoms with van der Waals surface area (Å²) in [6.45, 7) is 3.85. The molecule has 4 heterocycles. The Morgan fingerprint density at radius 2 is 2.05 bits per heavy atom. The van der Waals surface area contributed by atoms with E-state index in [1.54, 1.807) is 20.8 Å². The molecule has 1 aliphatic heterocycles. The van der Waals surface area contributed by atoms with Gasteiger partial charge in [-0.25, -0.2) is 18.4 Å². The third kappa shape index (κ3) is 6.74. The van der Waals surface area contributed by atoms with E-state index in [0.717, 1.165) is 18.7 Å². The second kappa shape index (κ2) is 11.7. The molecule has 1 fully saturated rings. The number of anilines is 1. The van der Waals surface area contributed by atoms with Crippen molar-refractivity contribution < 1.29 is 81.3 Å². The number of nitrogens with two attached hydrogens (primary N) is 1. The van der Waals surface area contributed by atoms with Crippen molar-refractivity contribution in [1.82, 2.24) is 23.9 Å². The first-order valence-electron chi connectivity index (χ1n) is 11.3. The van der Waals surface area contributed by atoms with E-state index in [4.69, 9.17) is 19.7 Å². The fourth-order valence-corrected chi connectivity index (χ4v) is 6.06. The van der Waals surface area contributed by atoms with Crippen molar-refractivity contribution in [2.24, 2.45) is 12.5 Å². The number of aliphatic hydroxyl groups excluding tert-OH is 1. The number of aryl methyl sites for hydroxylation is 1. The molecule has 1 saturated heterocycles. The van der Waals surface area contributed by atoms with Gasteiger partial charge >= 0.3 is 49.0 Å². The Kier molecular flexibility index (Phi) is 9.55. The van der Waals surface area contributed by atoms with Gasteiger partial charge in [0, 0.05) is 12.4 Å². The van der Waals surface area contributed by atoms with Crippen molar-refractivity contribution in [2.45, 2.75) is 45.3 Å². The van der Waals surface area contributed by atoms with E-state index in [1.165, 1.54) is 22.5 Å². The molecule has 2 unspecified atom stereocenters. The van der Waals surface area contributed by atoms with Gasteiger partial charge in [-0.05, 0) is 20.8 Å². The van der Waals surface area contributed by atoms with Gasteiger partial charge in [-0.1, -0.05) is 4.98 Å². The number of carbonyl (C=O) groups excluding carboxylic acids is 1. The number of fused-ring (bicyclic) bond motifs is 1. The van der Waals surface area contributed by atoms with Gasteiger partial charge in [-0.2, -0.15) is 0 Å². The first-order chi connectivity index (χ1) is 18.0. The molecule has 214 valence electrons. The summed E-state index contributed by atoms with van der Waals surface area (Å²) >= 11 is 0. The largest absolute Gasteiger partial charge is 1.00 e. The van der Waals surface area contributed by atoms with E-state index in [2.05, 4.69) is 19.3 Å². The van der Waals surface area contributed by atoms with Gasteiger partial charge in [-0.15, -0.1) is 0 Å². The Balaban J connectivity index is 0.00000441. The molecule has 1 aliphatic rings. The number of carbonyl (C=O) groups is 1. The predicted octanol–water partition coefficient (Wildman–Crippen LogP) is -4.30. The van der Waals surface area contributed by atoms with Crippen LogP contribution in [0, 0.1) is 5.41 Å². The summed E-state index contributed by atoms with van der Waals surface area (Å²) in [6, 6.07) is 0. The monoisotopic (exact) mass is 614 g/mol. The number of phosphoric ester groups is 1. The van der Waals surface area contributed by atoms with E-state index in [1.807, 2.05) is 0 Å². The molecule has 3 aromatic rings. The summed E-state index contributed by atoms with van der Waals surface area (Å²) < 4.78 is 48.3. The molecule has 0 bridgehead atoms. The molecule has 0 spiro atoms. The van der Waals surface area contributed by atoms with Crippen LogP contribution in [-0.4, -0.2) is 64.7 Å². The normalized spacial score (nSPS) is 24.3. The van der Waals surface area contributed by atoms with E-state index in [0.29, 0.717) is 4.34 Å². The minimum atomic E-state index is -5.27. The topological polar surface area (TPSA) is 250 Å². The second-order valence-electron chi connectivity index (χ2n) is 9.69. The Morgan fingerprint density at radius 1 is 1.38 bits per heavy atom. The number of ether oxygens (including phenoxy) is 2. The number of aliphatic hydroxyl groups is 1. The van der Waals surface area contributed by atoms with Crippen molar-refractivity contribution in [3.8, 4) is 0 Å². The summed E-state index contributed by atoms with van der Waals surface area (Å²) in [5.74, 6) is -0.955. The summed E-state index contributed by atoms with van der Waals surface area (Å²) in [4.78, 5) is 57.3. The van der Waals surface area contributed by atoms with Crippen LogP contribution >= 0.6 is 15.6 Å². The molecule has 21 heteroatoms. The first-order valence-corrected chi connectivity index (χ1v) is 14.3. The molecule has 6 atom stereocenters. The summed E-state index contributed by atoms with van der Waals surface area (Å²) in [7, 11) is -8.85. The van der Waals surface area contributed by atoms with Gasteiger partial charge < -0.3 is 30.1 Å². The maximum absolute atomic E-state index is 12.7. The molecule has 4 rings (SSSR count). The number of aromatic nitrogens is 6. The van der Waals surface area contributed by atoms with E-state index in [9.17, 15) is 33.6 Å². The Hall–Kier alpha value is -1.95. The van der Waals surface area contributed by atoms with Crippen LogP contribution in [0.3, 0.4) is 0 Å². The number of rotatable bonds is 8. The van der Waals surface area contributed by atoms with Crippen molar-refractivity contribution in [2.75, 3.05) is 12.3 Å². The summed E-state index contributed by atoms with van der Waals surface area (Å²) in [5, 5.41) is 11.1. The van der Waals surface area contributed by atoms with E-state index in [-0.39, 0.29) is 46.7 Å². The van der Waals surface area contributed by atoms with Crippen LogP contribution in [0.1, 0.15) is 27.0 Å². The van der Waals surface area contributed by atoms with Gasteiger partial charge in [-0.3, -0.25) is 32.6 Å². The van der Waals surface area contributed by atoms with Gasteiger partial charge in [0.1, 0.15) is 12.4 Å². The Bertz CT molecular complexity index is 1540. The summed E-state index contributed by atoms with van der Waals surface area (Å²) in [5.41, 5.74) is 4.21. The molecular weight excluding hydrogens is 587 g/mol. The zero-order chi connectivity index (χ0) is 28.9. The molecule has 0 aromatic carbocycles. The first kappa shape index (κ1) is 32.6. The minimum Gasteiger partial charge on any atom is -0.761 e. The molecule has 18 nitrogen and oxygen atoms in total. The number of phosphoric acid groups is 1. The quantitative estimate of drug-likeness (QED) is 0.0811. The SMILES string of the molecule is Cn1c[n+]([C@@H]2O[C@H](COP(=O)(O)OP(=O)([O-])n3ccnc3)[C@@H](OC(=O)C(C)(C)C)[C@H]2O)c2nc(N)[nH]c(=O)c21.[Na+]. The van der Waals surface area contributed by atoms with E-state index >= 15 is 0 Å². The number of nitrogens with one attached hydrogen (secondary N) is 1. The number of nitrogens with zero attached hydrogens (tertiary/aromatic N) is 5. The average Bonchev–Trinajstić information content (AvgIpc) is 3.51. The van der Waals surface area contributed by atoms with Crippen LogP contribution in [0.2, 0.25) is 0 Å². The number of esters is 1. The third-order valence-electron chi connectivity index (χ3n) is 5.61. The van der Waals surface area contributed by atoms with Crippen molar-refractivity contribution in [3.05, 3.63) is 35.4 Å². The van der Waals surface area contributed by atoms with Crippen LogP contribution in [0.4, 0.5) is 5.95 Å². The van der Waals surface area contributed by atoms with Crippen LogP contribution in [0.25, 0.3) is 11.2 Å². The standard InChI is InChI=1S/C19H27N7O11P2.Na/c1-19(2,3)17(29)36-13-10(7-34-39(32,33)37-38(30,31)25-6-5-21-8-25)35-16(12(13)27)26-9-24(4)11-14(26)22-18(20)23-15(11)28;/h5-6,8-10,12-13,16,27H,7H2,1-4H3,(H4-,20,22,23,28,30,31,32,33);/q;+1/t10-,12-,13-,16-;/m1./s1. The molecule has 0 radical (unpaired) electrons.